The van der Waals surface area contributed by atoms with Crippen molar-refractivity contribution in [2.24, 2.45) is 4.99 Å². The fourth-order valence-corrected chi connectivity index (χ4v) is 3.96. The molecule has 0 saturated carbocycles. The second-order valence-electron chi connectivity index (χ2n) is 7.48. The number of nitrogens with zero attached hydrogens (tertiary/aromatic N) is 3. The molecule has 2 N–H and O–H groups in total. The number of furan rings is 1. The Morgan fingerprint density at radius 3 is 2.77 bits per heavy atom. The average Bonchev–Trinajstić information content (AvgIpc) is 3.41. The quantitative estimate of drug-likeness (QED) is 0.206. The molecule has 0 aliphatic carbocycles. The van der Waals surface area contributed by atoms with Crippen molar-refractivity contribution >= 4 is 41.3 Å². The van der Waals surface area contributed by atoms with Gasteiger partial charge in [0.1, 0.15) is 10.8 Å². The van der Waals surface area contributed by atoms with E-state index in [1.165, 1.54) is 0 Å². The second kappa shape index (κ2) is 14.0. The van der Waals surface area contributed by atoms with Crippen LogP contribution in [0, 0.1) is 0 Å². The van der Waals surface area contributed by atoms with Crippen molar-refractivity contribution in [3.8, 4) is 0 Å². The number of aliphatic imine (C=N–C) groups is 1. The maximum atomic E-state index is 5.41. The molecule has 2 aromatic heterocycles. The normalized spacial score (nSPS) is 15.2. The van der Waals surface area contributed by atoms with E-state index in [1.807, 2.05) is 12.1 Å². The van der Waals surface area contributed by atoms with Crippen LogP contribution in [0.1, 0.15) is 42.6 Å². The summed E-state index contributed by atoms with van der Waals surface area (Å²) in [4.78, 5) is 11.9. The zero-order chi connectivity index (χ0) is 20.3. The van der Waals surface area contributed by atoms with Crippen molar-refractivity contribution in [2.45, 2.75) is 39.2 Å². The highest BCUT2D eigenvalue weighted by Gasteiger charge is 2.10. The first-order chi connectivity index (χ1) is 14.2. The lowest BCUT2D eigenvalue weighted by atomic mass is 10.2. The van der Waals surface area contributed by atoms with Gasteiger partial charge in [-0.1, -0.05) is 13.8 Å². The molecule has 3 heterocycles. The number of guanidine groups is 1. The summed E-state index contributed by atoms with van der Waals surface area (Å²) in [6.45, 7) is 11.4. The molecular formula is C21H34IN5O2S. The largest absolute Gasteiger partial charge is 0.469 e. The Kier molecular flexibility index (Phi) is 11.7. The maximum Gasteiger partial charge on any atom is 0.191 e. The van der Waals surface area contributed by atoms with Gasteiger partial charge in [0.05, 0.1) is 31.7 Å². The molecular weight excluding hydrogens is 513 g/mol. The first kappa shape index (κ1) is 25.1. The Bertz CT molecular complexity index is 730. The van der Waals surface area contributed by atoms with Crippen LogP contribution in [-0.2, 0) is 17.7 Å². The van der Waals surface area contributed by atoms with Crippen LogP contribution in [0.5, 0.6) is 0 Å². The fourth-order valence-electron chi connectivity index (χ4n) is 3.08. The van der Waals surface area contributed by atoms with E-state index in [2.05, 4.69) is 39.7 Å². The van der Waals surface area contributed by atoms with Gasteiger partial charge in [-0.05, 0) is 31.0 Å². The van der Waals surface area contributed by atoms with Crippen LogP contribution in [0.25, 0.3) is 0 Å². The molecule has 9 heteroatoms. The number of aromatic nitrogens is 1. The van der Waals surface area contributed by atoms with Crippen LogP contribution in [0.15, 0.2) is 33.2 Å². The second-order valence-corrected chi connectivity index (χ2v) is 8.42. The Hall–Kier alpha value is -1.17. The minimum Gasteiger partial charge on any atom is -0.469 e. The standard InChI is InChI=1S/C21H33N5O2S.HI/c1-17(2)19-16-29-20(25-19)15-24-21(23-8-6-18-5-3-12-28-18)22-7-4-9-26-10-13-27-14-11-26;/h3,5,12,16-17H,4,6-11,13-15H2,1-2H3,(H2,22,23,24);1H. The topological polar surface area (TPSA) is 74.9 Å². The van der Waals surface area contributed by atoms with E-state index < -0.39 is 0 Å². The van der Waals surface area contributed by atoms with Gasteiger partial charge in [0.15, 0.2) is 5.96 Å². The minimum absolute atomic E-state index is 0. The lowest BCUT2D eigenvalue weighted by molar-refractivity contribution is 0.0376. The summed E-state index contributed by atoms with van der Waals surface area (Å²) in [6, 6.07) is 3.92. The summed E-state index contributed by atoms with van der Waals surface area (Å²) in [5.41, 5.74) is 1.14. The minimum atomic E-state index is 0. The van der Waals surface area contributed by atoms with Crippen molar-refractivity contribution in [1.29, 1.82) is 0 Å². The van der Waals surface area contributed by atoms with E-state index in [9.17, 15) is 0 Å². The van der Waals surface area contributed by atoms with Gasteiger partial charge >= 0.3 is 0 Å². The number of rotatable bonds is 10. The molecule has 1 fully saturated rings. The molecule has 0 amide bonds. The van der Waals surface area contributed by atoms with Gasteiger partial charge in [-0.3, -0.25) is 4.90 Å². The predicted octanol–water partition coefficient (Wildman–Crippen LogP) is 3.48. The van der Waals surface area contributed by atoms with Gasteiger partial charge in [-0.2, -0.15) is 0 Å². The summed E-state index contributed by atoms with van der Waals surface area (Å²) in [7, 11) is 0. The predicted molar refractivity (Wildman–Crippen MR) is 133 cm³/mol. The smallest absolute Gasteiger partial charge is 0.191 e. The van der Waals surface area contributed by atoms with Crippen LogP contribution in [0.2, 0.25) is 0 Å². The fraction of sp³-hybridized carbons (Fsp3) is 0.619. The van der Waals surface area contributed by atoms with Crippen molar-refractivity contribution < 1.29 is 9.15 Å². The van der Waals surface area contributed by atoms with E-state index in [1.54, 1.807) is 17.6 Å². The third-order valence-corrected chi connectivity index (χ3v) is 5.68. The van der Waals surface area contributed by atoms with Crippen LogP contribution in [-0.4, -0.2) is 61.8 Å². The van der Waals surface area contributed by atoms with Gasteiger partial charge in [0, 0.05) is 38.0 Å². The molecule has 1 aliphatic rings. The molecule has 168 valence electrons. The van der Waals surface area contributed by atoms with Crippen molar-refractivity contribution in [3.63, 3.8) is 0 Å². The molecule has 30 heavy (non-hydrogen) atoms. The van der Waals surface area contributed by atoms with E-state index in [4.69, 9.17) is 14.1 Å². The Morgan fingerprint density at radius 2 is 2.07 bits per heavy atom. The number of nitrogens with one attached hydrogen (secondary N) is 2. The molecule has 0 unspecified atom stereocenters. The third-order valence-electron chi connectivity index (χ3n) is 4.82. The van der Waals surface area contributed by atoms with Crippen LogP contribution >= 0.6 is 35.3 Å². The lowest BCUT2D eigenvalue weighted by Crippen LogP contribution is -2.41. The number of ether oxygens (including phenoxy) is 1. The summed E-state index contributed by atoms with van der Waals surface area (Å²) in [6.07, 6.45) is 3.62. The summed E-state index contributed by atoms with van der Waals surface area (Å²) >= 11 is 1.68. The van der Waals surface area contributed by atoms with Crippen molar-refractivity contribution in [1.82, 2.24) is 20.5 Å². The number of thiazole rings is 1. The molecule has 1 saturated heterocycles. The highest BCUT2D eigenvalue weighted by atomic mass is 127. The van der Waals surface area contributed by atoms with E-state index in [-0.39, 0.29) is 24.0 Å². The number of hydrogen-bond donors (Lipinski definition) is 2. The van der Waals surface area contributed by atoms with E-state index in [0.29, 0.717) is 12.5 Å². The van der Waals surface area contributed by atoms with Gasteiger partial charge in [0.2, 0.25) is 0 Å². The van der Waals surface area contributed by atoms with Gasteiger partial charge in [-0.25, -0.2) is 9.98 Å². The van der Waals surface area contributed by atoms with E-state index in [0.717, 1.165) is 81.2 Å². The maximum absolute atomic E-state index is 5.41. The first-order valence-corrected chi connectivity index (χ1v) is 11.4. The zero-order valence-electron chi connectivity index (χ0n) is 17.9. The summed E-state index contributed by atoms with van der Waals surface area (Å²) < 4.78 is 10.8. The number of halogens is 1. The van der Waals surface area contributed by atoms with Crippen molar-refractivity contribution in [2.75, 3.05) is 45.9 Å². The zero-order valence-corrected chi connectivity index (χ0v) is 21.1. The summed E-state index contributed by atoms with van der Waals surface area (Å²) in [5.74, 6) is 2.26. The molecule has 7 nitrogen and oxygen atoms in total. The third kappa shape index (κ3) is 8.91. The Labute approximate surface area is 200 Å². The molecule has 0 aromatic carbocycles. The average molecular weight is 548 g/mol. The molecule has 0 spiro atoms. The van der Waals surface area contributed by atoms with Crippen LogP contribution in [0.3, 0.4) is 0 Å². The Morgan fingerprint density at radius 1 is 1.27 bits per heavy atom. The number of morpholine rings is 1. The molecule has 1 aliphatic heterocycles. The van der Waals surface area contributed by atoms with Gasteiger partial charge in [-0.15, -0.1) is 35.3 Å². The monoisotopic (exact) mass is 547 g/mol. The highest BCUT2D eigenvalue weighted by Crippen LogP contribution is 2.18. The van der Waals surface area contributed by atoms with Crippen LogP contribution < -0.4 is 10.6 Å². The number of hydrogen-bond acceptors (Lipinski definition) is 6. The Balaban J connectivity index is 0.00000320. The molecule has 0 atom stereocenters. The molecule has 3 rings (SSSR count). The van der Waals surface area contributed by atoms with Crippen molar-refractivity contribution in [3.05, 3.63) is 40.2 Å². The molecule has 0 bridgehead atoms. The SMILES string of the molecule is CC(C)c1csc(CN=C(NCCCN2CCOCC2)NCCc2ccco2)n1.I. The highest BCUT2D eigenvalue weighted by molar-refractivity contribution is 14.0. The van der Waals surface area contributed by atoms with E-state index >= 15 is 0 Å². The van der Waals surface area contributed by atoms with Gasteiger partial charge in [0.25, 0.3) is 0 Å². The van der Waals surface area contributed by atoms with Gasteiger partial charge < -0.3 is 19.8 Å². The first-order valence-electron chi connectivity index (χ1n) is 10.5. The molecule has 0 radical (unpaired) electrons. The molecule has 2 aromatic rings. The van der Waals surface area contributed by atoms with Crippen LogP contribution in [0.4, 0.5) is 0 Å². The summed E-state index contributed by atoms with van der Waals surface area (Å²) in [5, 5.41) is 10.1. The lowest BCUT2D eigenvalue weighted by Gasteiger charge is -2.26.